The van der Waals surface area contributed by atoms with E-state index in [-0.39, 0.29) is 29.5 Å². The Morgan fingerprint density at radius 1 is 1.08 bits per heavy atom. The second kappa shape index (κ2) is 11.6. The van der Waals surface area contributed by atoms with Gasteiger partial charge in [0.05, 0.1) is 0 Å². The molecule has 1 aliphatic heterocycles. The normalized spacial score (nSPS) is 16.3. The number of nitrogens with zero attached hydrogens (tertiary/aromatic N) is 1. The molecule has 7 heteroatoms. The topological polar surface area (TPSA) is 66.8 Å². The van der Waals surface area contributed by atoms with Gasteiger partial charge in [-0.05, 0) is 65.3 Å². The van der Waals surface area contributed by atoms with Crippen molar-refractivity contribution in [2.24, 2.45) is 0 Å². The van der Waals surface area contributed by atoms with Crippen molar-refractivity contribution in [1.82, 2.24) is 4.90 Å². The number of carboxylic acid groups (broad SMARTS) is 1. The van der Waals surface area contributed by atoms with E-state index in [1.165, 1.54) is 28.2 Å². The first-order chi connectivity index (χ1) is 18.0. The molecule has 0 fully saturated rings. The van der Waals surface area contributed by atoms with E-state index in [9.17, 15) is 19.1 Å². The summed E-state index contributed by atoms with van der Waals surface area (Å²) in [5.74, 6) is -0.562. The van der Waals surface area contributed by atoms with Gasteiger partial charge in [-0.15, -0.1) is 0 Å². The largest absolute Gasteiger partial charge is 0.487 e. The number of halogens is 2. The minimum absolute atomic E-state index is 0.00121. The molecule has 1 aliphatic rings. The summed E-state index contributed by atoms with van der Waals surface area (Å²) in [6, 6.07) is 18.6. The molecule has 0 unspecified atom stereocenters. The van der Waals surface area contributed by atoms with Gasteiger partial charge in [0, 0.05) is 30.8 Å². The Labute approximate surface area is 228 Å². The highest BCUT2D eigenvalue weighted by Crippen LogP contribution is 2.38. The monoisotopic (exact) mass is 537 g/mol. The highest BCUT2D eigenvalue weighted by Gasteiger charge is 2.35. The molecule has 3 aromatic rings. The summed E-state index contributed by atoms with van der Waals surface area (Å²) >= 11 is 6.10. The minimum Gasteiger partial charge on any atom is -0.487 e. The number of hydrogen-bond donors (Lipinski definition) is 1. The van der Waals surface area contributed by atoms with Crippen molar-refractivity contribution in [3.05, 3.63) is 99.3 Å². The summed E-state index contributed by atoms with van der Waals surface area (Å²) in [6.07, 6.45) is 2.17. The first kappa shape index (κ1) is 27.6. The molecule has 0 aliphatic carbocycles. The second-order valence-corrected chi connectivity index (χ2v) is 11.0. The van der Waals surface area contributed by atoms with Crippen LogP contribution in [0.1, 0.15) is 60.9 Å². The average molecular weight is 538 g/mol. The summed E-state index contributed by atoms with van der Waals surface area (Å²) in [5.41, 5.74) is 4.79. The molecule has 0 radical (unpaired) electrons. The van der Waals surface area contributed by atoms with Crippen LogP contribution >= 0.6 is 11.6 Å². The number of amides is 1. The standard InChI is InChI=1S/C31H33ClFNO4/c1-20(2)23-8-4-22(5-9-23)16-31(3)17-25-14-21(6-12-28(25)38-31)7-13-29(35)34(19-30(36)37)18-24-10-11-26(33)15-27(24)32/h4-6,8-12,14-15,20H,7,13,16-19H2,1-3H3,(H,36,37)/t31-/m1/s1. The van der Waals surface area contributed by atoms with E-state index in [0.29, 0.717) is 17.9 Å². The molecule has 1 atom stereocenters. The molecule has 1 N–H and O–H groups in total. The Bertz CT molecular complexity index is 1320. The van der Waals surface area contributed by atoms with Gasteiger partial charge in [0.15, 0.2) is 0 Å². The molecule has 5 nitrogen and oxygen atoms in total. The number of carbonyl (C=O) groups excluding carboxylic acids is 1. The molecular weight excluding hydrogens is 505 g/mol. The molecule has 0 bridgehead atoms. The number of carboxylic acids is 1. The van der Waals surface area contributed by atoms with Crippen LogP contribution in [-0.4, -0.2) is 34.0 Å². The molecule has 1 amide bonds. The summed E-state index contributed by atoms with van der Waals surface area (Å²) in [5, 5.41) is 9.47. The Balaban J connectivity index is 1.38. The third kappa shape index (κ3) is 6.93. The van der Waals surface area contributed by atoms with Gasteiger partial charge in [-0.2, -0.15) is 0 Å². The number of rotatable bonds is 10. The lowest BCUT2D eigenvalue weighted by molar-refractivity contribution is -0.144. The lowest BCUT2D eigenvalue weighted by Gasteiger charge is -2.24. The highest BCUT2D eigenvalue weighted by atomic mass is 35.5. The summed E-state index contributed by atoms with van der Waals surface area (Å²) in [7, 11) is 0. The smallest absolute Gasteiger partial charge is 0.323 e. The van der Waals surface area contributed by atoms with E-state index >= 15 is 0 Å². The molecule has 0 aromatic heterocycles. The van der Waals surface area contributed by atoms with Crippen molar-refractivity contribution < 1.29 is 23.8 Å². The van der Waals surface area contributed by atoms with Crippen LogP contribution in [0.5, 0.6) is 5.75 Å². The van der Waals surface area contributed by atoms with Crippen molar-refractivity contribution in [2.45, 2.75) is 64.5 Å². The quantitative estimate of drug-likeness (QED) is 0.317. The van der Waals surface area contributed by atoms with E-state index < -0.39 is 18.3 Å². The van der Waals surface area contributed by atoms with Crippen LogP contribution in [0, 0.1) is 5.82 Å². The maximum Gasteiger partial charge on any atom is 0.323 e. The predicted molar refractivity (Wildman–Crippen MR) is 146 cm³/mol. The summed E-state index contributed by atoms with van der Waals surface area (Å²) < 4.78 is 19.7. The Hall–Kier alpha value is -3.38. The van der Waals surface area contributed by atoms with Crippen LogP contribution in [0.3, 0.4) is 0 Å². The maximum absolute atomic E-state index is 13.4. The number of hydrogen-bond acceptors (Lipinski definition) is 3. The van der Waals surface area contributed by atoms with Crippen molar-refractivity contribution in [3.8, 4) is 5.75 Å². The molecule has 4 rings (SSSR count). The van der Waals surface area contributed by atoms with Gasteiger partial charge < -0.3 is 14.7 Å². The number of aryl methyl sites for hydroxylation is 1. The molecule has 0 saturated carbocycles. The second-order valence-electron chi connectivity index (χ2n) is 10.6. The third-order valence-electron chi connectivity index (χ3n) is 6.95. The minimum atomic E-state index is -1.12. The Morgan fingerprint density at radius 2 is 1.79 bits per heavy atom. The predicted octanol–water partition coefficient (Wildman–Crippen LogP) is 6.58. The number of aliphatic carboxylic acids is 1. The number of fused-ring (bicyclic) bond motifs is 1. The average Bonchev–Trinajstić information content (AvgIpc) is 3.18. The fourth-order valence-corrected chi connectivity index (χ4v) is 5.17. The van der Waals surface area contributed by atoms with Gasteiger partial charge in [-0.25, -0.2) is 4.39 Å². The van der Waals surface area contributed by atoms with Crippen LogP contribution < -0.4 is 4.74 Å². The van der Waals surface area contributed by atoms with Gasteiger partial charge >= 0.3 is 5.97 Å². The fraction of sp³-hybridized carbons (Fsp3) is 0.355. The van der Waals surface area contributed by atoms with Gasteiger partial charge in [0.25, 0.3) is 0 Å². The van der Waals surface area contributed by atoms with Gasteiger partial charge in [-0.3, -0.25) is 9.59 Å². The SMILES string of the molecule is CC(C)c1ccc(C[C@]2(C)Cc3cc(CCC(=O)N(CC(=O)O)Cc4ccc(F)cc4Cl)ccc3O2)cc1. The van der Waals surface area contributed by atoms with E-state index in [2.05, 4.69) is 51.1 Å². The van der Waals surface area contributed by atoms with Gasteiger partial charge in [-0.1, -0.05) is 67.9 Å². The van der Waals surface area contributed by atoms with E-state index in [1.54, 1.807) is 0 Å². The lowest BCUT2D eigenvalue weighted by Crippen LogP contribution is -2.35. The zero-order valence-electron chi connectivity index (χ0n) is 22.0. The molecule has 0 saturated heterocycles. The molecule has 200 valence electrons. The summed E-state index contributed by atoms with van der Waals surface area (Å²) in [6.45, 7) is 6.03. The van der Waals surface area contributed by atoms with Crippen LogP contribution in [0.25, 0.3) is 0 Å². The molecular formula is C31H33ClFNO4. The van der Waals surface area contributed by atoms with Crippen molar-refractivity contribution in [2.75, 3.05) is 6.54 Å². The van der Waals surface area contributed by atoms with Crippen LogP contribution in [0.4, 0.5) is 4.39 Å². The molecule has 1 heterocycles. The van der Waals surface area contributed by atoms with E-state index in [4.69, 9.17) is 16.3 Å². The van der Waals surface area contributed by atoms with Crippen molar-refractivity contribution in [3.63, 3.8) is 0 Å². The van der Waals surface area contributed by atoms with Crippen molar-refractivity contribution in [1.29, 1.82) is 0 Å². The maximum atomic E-state index is 13.4. The molecule has 0 spiro atoms. The number of carbonyl (C=O) groups is 2. The van der Waals surface area contributed by atoms with Crippen LogP contribution in [0.2, 0.25) is 5.02 Å². The number of benzene rings is 3. The molecule has 38 heavy (non-hydrogen) atoms. The Kier molecular flexibility index (Phi) is 8.41. The van der Waals surface area contributed by atoms with E-state index in [1.807, 2.05) is 12.1 Å². The fourth-order valence-electron chi connectivity index (χ4n) is 4.94. The van der Waals surface area contributed by atoms with Gasteiger partial charge in [0.1, 0.15) is 23.7 Å². The molecule has 3 aromatic carbocycles. The van der Waals surface area contributed by atoms with Crippen molar-refractivity contribution >= 4 is 23.5 Å². The number of ether oxygens (including phenoxy) is 1. The zero-order valence-corrected chi connectivity index (χ0v) is 22.7. The van der Waals surface area contributed by atoms with E-state index in [0.717, 1.165) is 35.8 Å². The third-order valence-corrected chi connectivity index (χ3v) is 7.30. The zero-order chi connectivity index (χ0) is 27.4. The highest BCUT2D eigenvalue weighted by molar-refractivity contribution is 6.31. The first-order valence-electron chi connectivity index (χ1n) is 12.8. The van der Waals surface area contributed by atoms with Gasteiger partial charge in [0.2, 0.25) is 5.91 Å². The lowest BCUT2D eigenvalue weighted by atomic mass is 9.90. The first-order valence-corrected chi connectivity index (χ1v) is 13.2. The van der Waals surface area contributed by atoms with Crippen LogP contribution in [0.15, 0.2) is 60.7 Å². The Morgan fingerprint density at radius 3 is 2.45 bits per heavy atom. The van der Waals surface area contributed by atoms with Crippen LogP contribution in [-0.2, 0) is 35.4 Å². The summed E-state index contributed by atoms with van der Waals surface area (Å²) in [4.78, 5) is 25.6.